The number of nitrogens with two attached hydrogens (primary N) is 1. The molecule has 1 aromatic rings. The summed E-state index contributed by atoms with van der Waals surface area (Å²) in [4.78, 5) is 0. The van der Waals surface area contributed by atoms with Gasteiger partial charge < -0.3 is 5.73 Å². The Morgan fingerprint density at radius 1 is 1.24 bits per heavy atom. The number of benzene rings is 1. The monoisotopic (exact) mass is 253 g/mol. The van der Waals surface area contributed by atoms with E-state index in [-0.39, 0.29) is 11.9 Å². The average molecular weight is 253 g/mol. The maximum absolute atomic E-state index is 12.8. The van der Waals surface area contributed by atoms with E-state index in [1.807, 2.05) is 11.8 Å². The van der Waals surface area contributed by atoms with Crippen molar-refractivity contribution in [2.24, 2.45) is 5.73 Å². The third kappa shape index (κ3) is 3.46. The molecule has 1 saturated carbocycles. The second kappa shape index (κ2) is 5.87. The molecule has 0 saturated heterocycles. The van der Waals surface area contributed by atoms with Crippen LogP contribution >= 0.6 is 11.8 Å². The smallest absolute Gasteiger partial charge is 0.123 e. The third-order valence-corrected chi connectivity index (χ3v) is 5.05. The molecule has 2 atom stereocenters. The fourth-order valence-electron chi connectivity index (χ4n) is 2.37. The predicted octanol–water partition coefficient (Wildman–Crippen LogP) is 3.89. The van der Waals surface area contributed by atoms with Gasteiger partial charge in [0.05, 0.1) is 0 Å². The molecule has 1 aliphatic carbocycles. The van der Waals surface area contributed by atoms with E-state index in [1.165, 1.54) is 37.8 Å². The molecule has 0 aromatic heterocycles. The van der Waals surface area contributed by atoms with Gasteiger partial charge in [-0.3, -0.25) is 0 Å². The van der Waals surface area contributed by atoms with Gasteiger partial charge in [0.2, 0.25) is 0 Å². The molecule has 2 rings (SSSR count). The number of rotatable bonds is 4. The van der Waals surface area contributed by atoms with Crippen LogP contribution in [0.4, 0.5) is 4.39 Å². The molecule has 0 bridgehead atoms. The number of hydrogen-bond donors (Lipinski definition) is 1. The molecule has 0 spiro atoms. The lowest BCUT2D eigenvalue weighted by molar-refractivity contribution is 0.624. The van der Waals surface area contributed by atoms with Gasteiger partial charge in [0.1, 0.15) is 5.82 Å². The second-order valence-corrected chi connectivity index (χ2v) is 6.51. The summed E-state index contributed by atoms with van der Waals surface area (Å²) in [6, 6.07) is 6.57. The highest BCUT2D eigenvalue weighted by Crippen LogP contribution is 2.35. The van der Waals surface area contributed by atoms with Crippen molar-refractivity contribution >= 4 is 11.8 Å². The van der Waals surface area contributed by atoms with Crippen molar-refractivity contribution < 1.29 is 4.39 Å². The molecule has 94 valence electrons. The van der Waals surface area contributed by atoms with Crippen molar-refractivity contribution in [1.29, 1.82) is 0 Å². The Balaban J connectivity index is 1.93. The zero-order valence-electron chi connectivity index (χ0n) is 10.2. The fraction of sp³-hybridized carbons (Fsp3) is 0.571. The highest BCUT2D eigenvalue weighted by Gasteiger charge is 2.22. The summed E-state index contributed by atoms with van der Waals surface area (Å²) in [5.41, 5.74) is 7.26. The van der Waals surface area contributed by atoms with Crippen molar-refractivity contribution in [3.05, 3.63) is 35.6 Å². The quantitative estimate of drug-likeness (QED) is 0.881. The Hall–Kier alpha value is -0.540. The summed E-state index contributed by atoms with van der Waals surface area (Å²) in [7, 11) is 0. The molecule has 1 nitrogen and oxygen atoms in total. The molecule has 1 fully saturated rings. The van der Waals surface area contributed by atoms with E-state index in [2.05, 4.69) is 6.92 Å². The summed E-state index contributed by atoms with van der Waals surface area (Å²) in [6.07, 6.45) is 5.36. The lowest BCUT2D eigenvalue weighted by Gasteiger charge is -2.22. The summed E-state index contributed by atoms with van der Waals surface area (Å²) in [5.74, 6) is -0.197. The van der Waals surface area contributed by atoms with E-state index < -0.39 is 0 Å². The first-order valence-electron chi connectivity index (χ1n) is 6.33. The largest absolute Gasteiger partial charge is 0.323 e. The Morgan fingerprint density at radius 3 is 2.41 bits per heavy atom. The summed E-state index contributed by atoms with van der Waals surface area (Å²) in [5, 5.41) is 1.17. The Bertz CT molecular complexity index is 346. The Kier molecular flexibility index (Phi) is 4.46. The van der Waals surface area contributed by atoms with Gasteiger partial charge in [0.15, 0.2) is 0 Å². The van der Waals surface area contributed by atoms with Gasteiger partial charge in [0.25, 0.3) is 0 Å². The fourth-order valence-corrected chi connectivity index (χ4v) is 3.91. The molecular weight excluding hydrogens is 233 g/mol. The highest BCUT2D eigenvalue weighted by molar-refractivity contribution is 8.00. The molecule has 1 aromatic carbocycles. The van der Waals surface area contributed by atoms with Crippen molar-refractivity contribution in [3.8, 4) is 0 Å². The molecule has 1 aliphatic rings. The van der Waals surface area contributed by atoms with Crippen LogP contribution in [0.5, 0.6) is 0 Å². The second-order valence-electron chi connectivity index (χ2n) is 4.83. The summed E-state index contributed by atoms with van der Waals surface area (Å²) in [6.45, 7) is 2.18. The zero-order valence-corrected chi connectivity index (χ0v) is 11.0. The molecule has 2 N–H and O–H groups in total. The van der Waals surface area contributed by atoms with Crippen LogP contribution in [0.1, 0.15) is 44.2 Å². The van der Waals surface area contributed by atoms with Gasteiger partial charge in [-0.2, -0.15) is 11.8 Å². The summed E-state index contributed by atoms with van der Waals surface area (Å²) >= 11 is 2.00. The van der Waals surface area contributed by atoms with Crippen molar-refractivity contribution in [2.45, 2.75) is 49.1 Å². The molecule has 3 heteroatoms. The Labute approximate surface area is 107 Å². The minimum Gasteiger partial charge on any atom is -0.323 e. The van der Waals surface area contributed by atoms with Gasteiger partial charge in [0, 0.05) is 16.5 Å². The van der Waals surface area contributed by atoms with E-state index in [4.69, 9.17) is 5.73 Å². The van der Waals surface area contributed by atoms with Crippen LogP contribution in [0.15, 0.2) is 24.3 Å². The number of halogens is 1. The van der Waals surface area contributed by atoms with Gasteiger partial charge in [-0.15, -0.1) is 0 Å². The predicted molar refractivity (Wildman–Crippen MR) is 72.6 cm³/mol. The van der Waals surface area contributed by atoms with Gasteiger partial charge in [-0.1, -0.05) is 31.9 Å². The maximum atomic E-state index is 12.8. The number of thioether (sulfide) groups is 1. The molecule has 0 heterocycles. The van der Waals surface area contributed by atoms with E-state index in [9.17, 15) is 4.39 Å². The van der Waals surface area contributed by atoms with Crippen LogP contribution in [0.3, 0.4) is 0 Å². The maximum Gasteiger partial charge on any atom is 0.123 e. The zero-order chi connectivity index (χ0) is 12.3. The van der Waals surface area contributed by atoms with Crippen LogP contribution < -0.4 is 5.73 Å². The summed E-state index contributed by atoms with van der Waals surface area (Å²) < 4.78 is 12.8. The average Bonchev–Trinajstić information content (AvgIpc) is 2.82. The third-order valence-electron chi connectivity index (χ3n) is 3.47. The van der Waals surface area contributed by atoms with Crippen molar-refractivity contribution in [3.63, 3.8) is 0 Å². The van der Waals surface area contributed by atoms with E-state index in [0.717, 1.165) is 10.8 Å². The molecule has 2 unspecified atom stereocenters. The first-order valence-corrected chi connectivity index (χ1v) is 7.27. The molecule has 0 radical (unpaired) electrons. The van der Waals surface area contributed by atoms with Crippen LogP contribution in [0.2, 0.25) is 0 Å². The molecule has 17 heavy (non-hydrogen) atoms. The molecular formula is C14H20FNS. The Morgan fingerprint density at radius 2 is 1.82 bits per heavy atom. The van der Waals surface area contributed by atoms with Crippen molar-refractivity contribution in [2.75, 3.05) is 0 Å². The lowest BCUT2D eigenvalue weighted by atomic mass is 10.1. The van der Waals surface area contributed by atoms with Gasteiger partial charge in [-0.25, -0.2) is 4.39 Å². The highest BCUT2D eigenvalue weighted by atomic mass is 32.2. The van der Waals surface area contributed by atoms with Gasteiger partial charge >= 0.3 is 0 Å². The van der Waals surface area contributed by atoms with Crippen LogP contribution in [-0.2, 0) is 0 Å². The topological polar surface area (TPSA) is 26.0 Å². The van der Waals surface area contributed by atoms with Crippen LogP contribution in [0, 0.1) is 5.82 Å². The van der Waals surface area contributed by atoms with Gasteiger partial charge in [-0.05, 0) is 30.5 Å². The minimum absolute atomic E-state index is 0.00111. The molecule has 0 amide bonds. The van der Waals surface area contributed by atoms with Crippen LogP contribution in [0.25, 0.3) is 0 Å². The van der Waals surface area contributed by atoms with E-state index in [1.54, 1.807) is 12.1 Å². The van der Waals surface area contributed by atoms with E-state index >= 15 is 0 Å². The normalized spacial score (nSPS) is 20.4. The minimum atomic E-state index is -0.197. The van der Waals surface area contributed by atoms with E-state index in [0.29, 0.717) is 5.25 Å². The van der Waals surface area contributed by atoms with Crippen LogP contribution in [-0.4, -0.2) is 10.5 Å². The lowest BCUT2D eigenvalue weighted by Crippen LogP contribution is -2.23. The standard InChI is InChI=1S/C14H20FNS/c1-10(17-13-4-2-3-5-13)14(16)11-6-8-12(15)9-7-11/h6-10,13-14H,2-5,16H2,1H3. The number of hydrogen-bond acceptors (Lipinski definition) is 2. The SMILES string of the molecule is CC(SC1CCCC1)C(N)c1ccc(F)cc1. The van der Waals surface area contributed by atoms with Crippen molar-refractivity contribution in [1.82, 2.24) is 0 Å². The first-order chi connectivity index (χ1) is 8.16. The molecule has 0 aliphatic heterocycles. The first kappa shape index (κ1) is 12.9.